The van der Waals surface area contributed by atoms with Crippen LogP contribution in [0.4, 0.5) is 11.4 Å². The number of hydrogen-bond donors (Lipinski definition) is 1. The Hall–Kier alpha value is -3.83. The van der Waals surface area contributed by atoms with Gasteiger partial charge in [-0.3, -0.25) is 9.59 Å². The fourth-order valence-electron chi connectivity index (χ4n) is 3.97. The van der Waals surface area contributed by atoms with E-state index in [1.54, 1.807) is 41.3 Å². The Balaban J connectivity index is 1.21. The largest absolute Gasteiger partial charge is 0.457 e. The SMILES string of the molecule is O=C(Nc1ccc(Oc2ccc3ccccc3c2)cc1)[C@H]1CC(=O)N(c2ccc(Cl)cc2)C1. The lowest BCUT2D eigenvalue weighted by atomic mass is 10.1. The van der Waals surface area contributed by atoms with Gasteiger partial charge >= 0.3 is 0 Å². The van der Waals surface area contributed by atoms with E-state index in [1.165, 1.54) is 0 Å². The summed E-state index contributed by atoms with van der Waals surface area (Å²) in [5.41, 5.74) is 1.40. The molecule has 1 N–H and O–H groups in total. The first kappa shape index (κ1) is 21.0. The zero-order chi connectivity index (χ0) is 22.8. The summed E-state index contributed by atoms with van der Waals surface area (Å²) in [6.45, 7) is 0.343. The van der Waals surface area contributed by atoms with Crippen molar-refractivity contribution < 1.29 is 14.3 Å². The Bertz CT molecular complexity index is 1320. The van der Waals surface area contributed by atoms with Gasteiger partial charge in [-0.2, -0.15) is 0 Å². The molecule has 1 aliphatic rings. The van der Waals surface area contributed by atoms with Crippen LogP contribution < -0.4 is 15.0 Å². The minimum absolute atomic E-state index is 0.0726. The molecule has 0 spiro atoms. The zero-order valence-electron chi connectivity index (χ0n) is 17.7. The summed E-state index contributed by atoms with van der Waals surface area (Å²) in [5, 5.41) is 5.78. The fraction of sp³-hybridized carbons (Fsp3) is 0.111. The Labute approximate surface area is 196 Å². The number of fused-ring (bicyclic) bond motifs is 1. The van der Waals surface area contributed by atoms with E-state index in [9.17, 15) is 9.59 Å². The van der Waals surface area contributed by atoms with Crippen LogP contribution in [0.1, 0.15) is 6.42 Å². The average Bonchev–Trinajstić information content (AvgIpc) is 3.22. The van der Waals surface area contributed by atoms with Gasteiger partial charge in [-0.25, -0.2) is 0 Å². The molecule has 1 fully saturated rings. The monoisotopic (exact) mass is 456 g/mol. The number of nitrogens with one attached hydrogen (secondary N) is 1. The van der Waals surface area contributed by atoms with E-state index in [1.807, 2.05) is 48.5 Å². The van der Waals surface area contributed by atoms with E-state index in [2.05, 4.69) is 11.4 Å². The molecule has 5 rings (SSSR count). The molecule has 4 aromatic carbocycles. The molecule has 5 nitrogen and oxygen atoms in total. The Morgan fingerprint density at radius 1 is 0.879 bits per heavy atom. The second-order valence-electron chi connectivity index (χ2n) is 8.01. The van der Waals surface area contributed by atoms with Crippen molar-refractivity contribution in [1.82, 2.24) is 0 Å². The number of carbonyl (C=O) groups is 2. The normalized spacial score (nSPS) is 15.6. The molecule has 0 saturated carbocycles. The van der Waals surface area contributed by atoms with Gasteiger partial charge in [-0.05, 0) is 71.4 Å². The average molecular weight is 457 g/mol. The second kappa shape index (κ2) is 8.96. The van der Waals surface area contributed by atoms with Crippen LogP contribution in [-0.2, 0) is 9.59 Å². The van der Waals surface area contributed by atoms with E-state index in [0.717, 1.165) is 22.2 Å². The first-order valence-electron chi connectivity index (χ1n) is 10.7. The second-order valence-corrected chi connectivity index (χ2v) is 8.44. The van der Waals surface area contributed by atoms with Gasteiger partial charge in [-0.1, -0.05) is 41.9 Å². The van der Waals surface area contributed by atoms with Crippen LogP contribution in [0.5, 0.6) is 11.5 Å². The van der Waals surface area contributed by atoms with Crippen molar-refractivity contribution in [3.8, 4) is 11.5 Å². The Morgan fingerprint density at radius 2 is 1.58 bits per heavy atom. The van der Waals surface area contributed by atoms with Crippen molar-refractivity contribution >= 4 is 45.6 Å². The molecule has 2 amide bonds. The summed E-state index contributed by atoms with van der Waals surface area (Å²) < 4.78 is 5.96. The number of nitrogens with zero attached hydrogens (tertiary/aromatic N) is 1. The van der Waals surface area contributed by atoms with Crippen molar-refractivity contribution in [2.24, 2.45) is 5.92 Å². The van der Waals surface area contributed by atoms with Crippen LogP contribution in [-0.4, -0.2) is 18.4 Å². The molecule has 0 aliphatic carbocycles. The predicted octanol–water partition coefficient (Wildman–Crippen LogP) is 6.28. The molecule has 4 aromatic rings. The molecule has 0 radical (unpaired) electrons. The summed E-state index contributed by atoms with van der Waals surface area (Å²) in [7, 11) is 0. The van der Waals surface area contributed by atoms with Gasteiger partial charge in [0, 0.05) is 29.4 Å². The first-order valence-corrected chi connectivity index (χ1v) is 11.1. The number of hydrogen-bond acceptors (Lipinski definition) is 3. The molecular formula is C27H21ClN2O3. The summed E-state index contributed by atoms with van der Waals surface area (Å²) in [5.74, 6) is 0.756. The van der Waals surface area contributed by atoms with Gasteiger partial charge in [0.05, 0.1) is 5.92 Å². The van der Waals surface area contributed by atoms with E-state index < -0.39 is 5.92 Å². The molecule has 1 atom stereocenters. The standard InChI is InChI=1S/C27H21ClN2O3/c28-21-6-10-23(11-7-21)30-17-20(16-26(30)31)27(32)29-22-8-13-24(14-9-22)33-25-12-5-18-3-1-2-4-19(18)15-25/h1-15,20H,16-17H2,(H,29,32)/t20-/m0/s1. The van der Waals surface area contributed by atoms with Crippen molar-refractivity contribution in [1.29, 1.82) is 0 Å². The molecule has 1 heterocycles. The predicted molar refractivity (Wildman–Crippen MR) is 131 cm³/mol. The van der Waals surface area contributed by atoms with Gasteiger partial charge in [0.25, 0.3) is 0 Å². The van der Waals surface area contributed by atoms with Crippen LogP contribution in [0.25, 0.3) is 10.8 Å². The summed E-state index contributed by atoms with van der Waals surface area (Å²) in [4.78, 5) is 26.8. The number of anilines is 2. The summed E-state index contributed by atoms with van der Waals surface area (Å²) in [6, 6.07) is 28.3. The van der Waals surface area contributed by atoms with Gasteiger partial charge in [0.15, 0.2) is 0 Å². The van der Waals surface area contributed by atoms with Crippen molar-refractivity contribution in [3.63, 3.8) is 0 Å². The molecule has 33 heavy (non-hydrogen) atoms. The molecule has 164 valence electrons. The third-order valence-electron chi connectivity index (χ3n) is 5.71. The molecular weight excluding hydrogens is 436 g/mol. The number of halogens is 1. The van der Waals surface area contributed by atoms with Crippen LogP contribution in [0.2, 0.25) is 5.02 Å². The van der Waals surface area contributed by atoms with Crippen LogP contribution in [0.15, 0.2) is 91.0 Å². The number of ether oxygens (including phenoxy) is 1. The topological polar surface area (TPSA) is 58.6 Å². The third kappa shape index (κ3) is 4.69. The quantitative estimate of drug-likeness (QED) is 0.384. The minimum atomic E-state index is -0.415. The fourth-order valence-corrected chi connectivity index (χ4v) is 4.10. The van der Waals surface area contributed by atoms with E-state index in [-0.39, 0.29) is 18.2 Å². The van der Waals surface area contributed by atoms with Gasteiger partial charge in [0.2, 0.25) is 11.8 Å². The van der Waals surface area contributed by atoms with Gasteiger partial charge in [-0.15, -0.1) is 0 Å². The van der Waals surface area contributed by atoms with Crippen LogP contribution >= 0.6 is 11.6 Å². The maximum absolute atomic E-state index is 12.7. The van der Waals surface area contributed by atoms with Crippen molar-refractivity contribution in [2.75, 3.05) is 16.8 Å². The van der Waals surface area contributed by atoms with Crippen LogP contribution in [0.3, 0.4) is 0 Å². The lowest BCUT2D eigenvalue weighted by molar-refractivity contribution is -0.122. The molecule has 6 heteroatoms. The number of amides is 2. The molecule has 1 aliphatic heterocycles. The van der Waals surface area contributed by atoms with Gasteiger partial charge in [0.1, 0.15) is 11.5 Å². The smallest absolute Gasteiger partial charge is 0.229 e. The number of rotatable bonds is 5. The van der Waals surface area contributed by atoms with Crippen LogP contribution in [0, 0.1) is 5.92 Å². The molecule has 0 aromatic heterocycles. The zero-order valence-corrected chi connectivity index (χ0v) is 18.5. The van der Waals surface area contributed by atoms with Crippen molar-refractivity contribution in [3.05, 3.63) is 96.0 Å². The number of carbonyl (C=O) groups excluding carboxylic acids is 2. The number of benzene rings is 4. The highest BCUT2D eigenvalue weighted by Crippen LogP contribution is 2.29. The highest BCUT2D eigenvalue weighted by Gasteiger charge is 2.35. The maximum Gasteiger partial charge on any atom is 0.229 e. The van der Waals surface area contributed by atoms with E-state index in [4.69, 9.17) is 16.3 Å². The third-order valence-corrected chi connectivity index (χ3v) is 5.96. The lowest BCUT2D eigenvalue weighted by Crippen LogP contribution is -2.28. The first-order chi connectivity index (χ1) is 16.0. The lowest BCUT2D eigenvalue weighted by Gasteiger charge is -2.17. The summed E-state index contributed by atoms with van der Waals surface area (Å²) >= 11 is 5.93. The molecule has 0 bridgehead atoms. The highest BCUT2D eigenvalue weighted by atomic mass is 35.5. The minimum Gasteiger partial charge on any atom is -0.457 e. The maximum atomic E-state index is 12.7. The molecule has 1 saturated heterocycles. The molecule has 0 unspecified atom stereocenters. The Morgan fingerprint density at radius 3 is 2.33 bits per heavy atom. The highest BCUT2D eigenvalue weighted by molar-refractivity contribution is 6.30. The van der Waals surface area contributed by atoms with E-state index in [0.29, 0.717) is 23.0 Å². The Kier molecular flexibility index (Phi) is 5.71. The van der Waals surface area contributed by atoms with Crippen molar-refractivity contribution in [2.45, 2.75) is 6.42 Å². The van der Waals surface area contributed by atoms with E-state index >= 15 is 0 Å². The summed E-state index contributed by atoms with van der Waals surface area (Å²) in [6.07, 6.45) is 0.178. The van der Waals surface area contributed by atoms with Gasteiger partial charge < -0.3 is 15.0 Å².